The summed E-state index contributed by atoms with van der Waals surface area (Å²) in [4.78, 5) is 36.5. The number of primary amides is 1. The first-order valence-corrected chi connectivity index (χ1v) is 16.5. The number of β-amino-alcohol motifs (C(OH)–C–C–N with tert-alkyl or cyclic N) is 1. The van der Waals surface area contributed by atoms with Crippen LogP contribution < -0.4 is 16.0 Å². The predicted octanol–water partition coefficient (Wildman–Crippen LogP) is 5.11. The van der Waals surface area contributed by atoms with Gasteiger partial charge < -0.3 is 25.5 Å². The van der Waals surface area contributed by atoms with Crippen molar-refractivity contribution in [2.24, 2.45) is 11.7 Å². The number of benzene rings is 2. The van der Waals surface area contributed by atoms with Gasteiger partial charge in [-0.1, -0.05) is 17.9 Å². The van der Waals surface area contributed by atoms with Gasteiger partial charge in [-0.15, -0.1) is 0 Å². The van der Waals surface area contributed by atoms with Gasteiger partial charge in [0.05, 0.1) is 41.9 Å². The topological polar surface area (TPSA) is 152 Å². The third kappa shape index (κ3) is 6.19. The Balaban J connectivity index is 1.24. The lowest BCUT2D eigenvalue weighted by Gasteiger charge is -2.42. The Hall–Kier alpha value is -6.03. The van der Waals surface area contributed by atoms with Crippen LogP contribution in [-0.2, 0) is 29.9 Å². The summed E-state index contributed by atoms with van der Waals surface area (Å²) in [5.41, 5.74) is 0.206. The fraction of sp³-hybridized carbons (Fsp3) is 0.306. The summed E-state index contributed by atoms with van der Waals surface area (Å²) in [5, 5.41) is 16.1. The van der Waals surface area contributed by atoms with Crippen LogP contribution >= 0.6 is 0 Å². The number of aromatic nitrogens is 4. The molecule has 1 saturated heterocycles. The molecule has 0 unspecified atom stereocenters. The van der Waals surface area contributed by atoms with Crippen LogP contribution in [0.3, 0.4) is 0 Å². The third-order valence-corrected chi connectivity index (χ3v) is 9.60. The van der Waals surface area contributed by atoms with Crippen molar-refractivity contribution >= 4 is 29.1 Å². The highest BCUT2D eigenvalue weighted by atomic mass is 19.4. The number of aliphatic hydroxyl groups is 1. The summed E-state index contributed by atoms with van der Waals surface area (Å²) < 4.78 is 123. The van der Waals surface area contributed by atoms with Gasteiger partial charge in [0.25, 0.3) is 11.9 Å². The number of carbonyl (C=O) groups excluding carboxylic acids is 2. The van der Waals surface area contributed by atoms with Gasteiger partial charge in [0.1, 0.15) is 41.1 Å². The maximum absolute atomic E-state index is 15.4. The molecule has 8 rings (SSSR count). The smallest absolute Gasteiger partial charge is 0.404 e. The van der Waals surface area contributed by atoms with Crippen molar-refractivity contribution < 1.29 is 54.2 Å². The highest BCUT2D eigenvalue weighted by molar-refractivity contribution is 5.95. The minimum absolute atomic E-state index is 0.0359. The summed E-state index contributed by atoms with van der Waals surface area (Å²) in [5.74, 6) is -7.81. The second kappa shape index (κ2) is 12.2. The maximum atomic E-state index is 15.4. The van der Waals surface area contributed by atoms with Crippen LogP contribution in [0.1, 0.15) is 57.5 Å². The van der Waals surface area contributed by atoms with E-state index in [1.807, 2.05) is 0 Å². The Morgan fingerprint density at radius 1 is 1.07 bits per heavy atom. The zero-order valence-electron chi connectivity index (χ0n) is 28.1. The molecule has 4 heterocycles. The first kappa shape index (κ1) is 36.0. The van der Waals surface area contributed by atoms with Crippen LogP contribution in [0.2, 0.25) is 0 Å². The average Bonchev–Trinajstić information content (AvgIpc) is 3.67. The number of fused-ring (bicyclic) bond motifs is 4. The van der Waals surface area contributed by atoms with Crippen LogP contribution in [0.25, 0.3) is 22.4 Å². The number of carbonyl (C=O) groups is 2. The Kier molecular flexibility index (Phi) is 8.01. The lowest BCUT2D eigenvalue weighted by atomic mass is 9.84. The van der Waals surface area contributed by atoms with Crippen molar-refractivity contribution in [2.45, 2.75) is 49.5 Å². The number of amides is 2. The van der Waals surface area contributed by atoms with E-state index in [1.54, 1.807) is 11.8 Å². The molecule has 2 aromatic carbocycles. The van der Waals surface area contributed by atoms with E-state index in [9.17, 15) is 41.0 Å². The van der Waals surface area contributed by atoms with E-state index in [1.165, 1.54) is 12.1 Å². The minimum Gasteiger partial charge on any atom is -0.404 e. The molecule has 0 bridgehead atoms. The van der Waals surface area contributed by atoms with Gasteiger partial charge in [-0.2, -0.15) is 32.0 Å². The third-order valence-electron chi connectivity index (χ3n) is 9.60. The lowest BCUT2D eigenvalue weighted by molar-refractivity contribution is -0.142. The number of rotatable bonds is 9. The molecule has 284 valence electrons. The zero-order chi connectivity index (χ0) is 39.4. The molecule has 4 N–H and O–H groups in total. The van der Waals surface area contributed by atoms with Crippen molar-refractivity contribution in [3.8, 4) is 23.0 Å². The summed E-state index contributed by atoms with van der Waals surface area (Å²) in [6.45, 7) is 0.712. The van der Waals surface area contributed by atoms with E-state index in [0.29, 0.717) is 6.07 Å². The monoisotopic (exact) mass is 771 g/mol. The number of anilines is 1. The number of oxazole rings is 1. The second-order valence-electron chi connectivity index (χ2n) is 13.9. The van der Waals surface area contributed by atoms with Crippen LogP contribution in [0.5, 0.6) is 0 Å². The van der Waals surface area contributed by atoms with E-state index in [-0.39, 0.29) is 57.4 Å². The molecule has 5 aromatic rings. The van der Waals surface area contributed by atoms with Gasteiger partial charge in [-0.25, -0.2) is 18.2 Å². The summed E-state index contributed by atoms with van der Waals surface area (Å²) in [6.07, 6.45) is -5.61. The normalized spacial score (nSPS) is 19.5. The maximum Gasteiger partial charge on any atom is 0.435 e. The molecule has 1 fully saturated rings. The molecular formula is C36H25F8N7O4. The molecule has 3 atom stereocenters. The number of hydrogen-bond acceptors (Lipinski definition) is 8. The number of alkyl halides is 5. The highest BCUT2D eigenvalue weighted by Crippen LogP contribution is 2.58. The molecule has 55 heavy (non-hydrogen) atoms. The Morgan fingerprint density at radius 2 is 1.78 bits per heavy atom. The first-order chi connectivity index (χ1) is 25.8. The van der Waals surface area contributed by atoms with Gasteiger partial charge in [0, 0.05) is 17.2 Å². The van der Waals surface area contributed by atoms with E-state index >= 15 is 8.78 Å². The highest BCUT2D eigenvalue weighted by Gasteiger charge is 2.62. The fourth-order valence-electron chi connectivity index (χ4n) is 7.23. The van der Waals surface area contributed by atoms with Crippen LogP contribution in [0.4, 0.5) is 41.1 Å². The molecule has 19 heteroatoms. The zero-order valence-corrected chi connectivity index (χ0v) is 28.1. The molecule has 3 aliphatic rings. The number of halogens is 8. The Bertz CT molecular complexity index is 2490. The van der Waals surface area contributed by atoms with Gasteiger partial charge in [0.15, 0.2) is 5.69 Å². The van der Waals surface area contributed by atoms with Gasteiger partial charge in [0.2, 0.25) is 11.6 Å². The molecule has 0 radical (unpaired) electrons. The molecule has 2 aliphatic carbocycles. The van der Waals surface area contributed by atoms with E-state index in [4.69, 9.17) is 10.2 Å². The van der Waals surface area contributed by atoms with Crippen molar-refractivity contribution in [1.82, 2.24) is 25.1 Å². The van der Waals surface area contributed by atoms with Crippen LogP contribution in [0, 0.1) is 35.2 Å². The standard InChI is InChI=1S/C36H25F8N7O4/c1-34(54)13-50(14-34)33-47-25-11-20(16-2-5-23(39)21(9-16)31(45)53)28(48-32(25)55-33)24(8-15-6-17(37)10-18(38)7-15)46-26(52)12-51-30-27(29(49-51)36(42,43)44)19-3-4-22(19)35(30,40)41/h2,5-7,9-11,19,22,24,54H,8,12-14H2,1H3,(H2,45,53)(H,46,52)/t19-,22+,24-/m0/s1. The molecule has 2 amide bonds. The van der Waals surface area contributed by atoms with E-state index in [0.717, 1.165) is 24.3 Å². The largest absolute Gasteiger partial charge is 0.435 e. The van der Waals surface area contributed by atoms with Crippen LogP contribution in [0.15, 0.2) is 46.9 Å². The Labute approximate surface area is 304 Å². The first-order valence-electron chi connectivity index (χ1n) is 16.5. The number of nitrogens with zero attached hydrogens (tertiary/aromatic N) is 5. The quantitative estimate of drug-likeness (QED) is 0.138. The molecule has 11 nitrogen and oxygen atoms in total. The van der Waals surface area contributed by atoms with Crippen molar-refractivity contribution in [3.05, 3.63) is 93.7 Å². The fourth-order valence-corrected chi connectivity index (χ4v) is 7.23. The van der Waals surface area contributed by atoms with Gasteiger partial charge >= 0.3 is 12.1 Å². The van der Waals surface area contributed by atoms with E-state index < -0.39 is 100 Å². The molecule has 0 saturated carbocycles. The number of hydrogen-bond donors (Lipinski definition) is 3. The molecule has 3 aromatic heterocycles. The summed E-state index contributed by atoms with van der Waals surface area (Å²) in [6, 6.07) is 5.72. The van der Waals surface area contributed by atoms with Gasteiger partial charge in [-0.05, 0) is 54.8 Å². The SMILES string of the molecule is CC1(O)CN(c2nc3cc(-c4ccc(F)c(C(N)=O)c4)c([C@H](Cc4cc(F)cc(F)c4)NC(=O)Cn4nc(C(F)(F)F)c5c4C(F)(F)[C@@H]4C#C[C@H]54)nc3o2)C1. The predicted molar refractivity (Wildman–Crippen MR) is 175 cm³/mol. The second-order valence-corrected chi connectivity index (χ2v) is 13.9. The van der Waals surface area contributed by atoms with E-state index in [2.05, 4.69) is 32.2 Å². The summed E-state index contributed by atoms with van der Waals surface area (Å²) in [7, 11) is 0. The van der Waals surface area contributed by atoms with Crippen LogP contribution in [-0.4, -0.2) is 55.4 Å². The molecule has 0 spiro atoms. The number of nitrogens with one attached hydrogen (secondary N) is 1. The van der Waals surface area contributed by atoms with Gasteiger partial charge in [-0.3, -0.25) is 14.3 Å². The summed E-state index contributed by atoms with van der Waals surface area (Å²) >= 11 is 0. The number of nitrogens with two attached hydrogens (primary N) is 1. The van der Waals surface area contributed by atoms with Crippen molar-refractivity contribution in [1.29, 1.82) is 0 Å². The lowest BCUT2D eigenvalue weighted by Crippen LogP contribution is -2.60. The molecule has 1 aliphatic heterocycles. The van der Waals surface area contributed by atoms with Crippen molar-refractivity contribution in [3.63, 3.8) is 0 Å². The van der Waals surface area contributed by atoms with Crippen molar-refractivity contribution in [2.75, 3.05) is 18.0 Å². The molecular weight excluding hydrogens is 746 g/mol. The minimum atomic E-state index is -5.16. The number of pyridine rings is 1. The Morgan fingerprint density at radius 3 is 2.40 bits per heavy atom. The average molecular weight is 772 g/mol.